The number of carbonyl (C=O) groups excluding carboxylic acids is 1. The third kappa shape index (κ3) is 3.78. The van der Waals surface area contributed by atoms with Gasteiger partial charge in [-0.2, -0.15) is 0 Å². The smallest absolute Gasteiger partial charge is 0.255 e. The fraction of sp³-hybridized carbons (Fsp3) is 0.333. The van der Waals surface area contributed by atoms with Crippen LogP contribution in [0.15, 0.2) is 42.7 Å². The summed E-state index contributed by atoms with van der Waals surface area (Å²) in [6, 6.07) is 9.18. The summed E-state index contributed by atoms with van der Waals surface area (Å²) >= 11 is 0. The van der Waals surface area contributed by atoms with E-state index in [0.717, 1.165) is 43.0 Å². The maximum absolute atomic E-state index is 12.9. The Hall–Kier alpha value is -3.42. The number of rotatable bonds is 5. The van der Waals surface area contributed by atoms with Crippen LogP contribution in [0.5, 0.6) is 11.5 Å². The Bertz CT molecular complexity index is 1000. The predicted molar refractivity (Wildman–Crippen MR) is 107 cm³/mol. The molecule has 1 aliphatic heterocycles. The highest BCUT2D eigenvalue weighted by atomic mass is 16.5. The van der Waals surface area contributed by atoms with Crippen molar-refractivity contribution in [1.82, 2.24) is 25.1 Å². The molecule has 1 N–H and O–H groups in total. The Morgan fingerprint density at radius 1 is 1.10 bits per heavy atom. The first-order valence-electron chi connectivity index (χ1n) is 9.55. The molecule has 3 heterocycles. The van der Waals surface area contributed by atoms with E-state index < -0.39 is 0 Å². The zero-order valence-electron chi connectivity index (χ0n) is 16.5. The number of nitrogens with zero attached hydrogens (tertiary/aromatic N) is 4. The van der Waals surface area contributed by atoms with Crippen molar-refractivity contribution in [3.8, 4) is 22.9 Å². The van der Waals surface area contributed by atoms with Gasteiger partial charge in [0.25, 0.3) is 5.91 Å². The van der Waals surface area contributed by atoms with Gasteiger partial charge in [-0.05, 0) is 37.1 Å². The number of hydrogen-bond donors (Lipinski definition) is 1. The van der Waals surface area contributed by atoms with Crippen LogP contribution >= 0.6 is 0 Å². The van der Waals surface area contributed by atoms with Gasteiger partial charge < -0.3 is 19.4 Å². The lowest BCUT2D eigenvalue weighted by molar-refractivity contribution is 0.0929. The van der Waals surface area contributed by atoms with Crippen molar-refractivity contribution < 1.29 is 14.3 Å². The lowest BCUT2D eigenvalue weighted by Crippen LogP contribution is -2.35. The first-order valence-corrected chi connectivity index (χ1v) is 9.55. The van der Waals surface area contributed by atoms with Crippen molar-refractivity contribution in [3.63, 3.8) is 0 Å². The molecule has 8 heteroatoms. The third-order valence-electron chi connectivity index (χ3n) is 5.17. The van der Waals surface area contributed by atoms with E-state index in [-0.39, 0.29) is 11.9 Å². The standard InChI is InChI=1S/C21H23N5O3/c1-28-17-5-3-4-16(19(17)29-2)21(27)23-15-6-7-18-24-25-20(26(18)13-10-15)14-8-11-22-12-9-14/h3-5,8-9,11-12,15H,6-7,10,13H2,1-2H3,(H,23,27). The monoisotopic (exact) mass is 393 g/mol. The second kappa shape index (κ2) is 8.30. The molecule has 1 atom stereocenters. The Morgan fingerprint density at radius 2 is 1.93 bits per heavy atom. The van der Waals surface area contributed by atoms with Crippen LogP contribution in [0.4, 0.5) is 0 Å². The number of amides is 1. The molecule has 0 fully saturated rings. The number of carbonyl (C=O) groups is 1. The fourth-order valence-electron chi connectivity index (χ4n) is 3.68. The summed E-state index contributed by atoms with van der Waals surface area (Å²) in [5, 5.41) is 11.8. The molecule has 1 amide bonds. The Morgan fingerprint density at radius 3 is 2.69 bits per heavy atom. The topological polar surface area (TPSA) is 91.2 Å². The molecule has 0 radical (unpaired) electrons. The molecule has 0 spiro atoms. The molecule has 2 aromatic heterocycles. The van der Waals surface area contributed by atoms with Crippen molar-refractivity contribution in [2.45, 2.75) is 31.8 Å². The fourth-order valence-corrected chi connectivity index (χ4v) is 3.68. The Balaban J connectivity index is 1.49. The number of aryl methyl sites for hydroxylation is 1. The molecule has 0 saturated carbocycles. The van der Waals surface area contributed by atoms with Gasteiger partial charge in [0.15, 0.2) is 17.3 Å². The van der Waals surface area contributed by atoms with E-state index >= 15 is 0 Å². The Labute approximate surface area is 168 Å². The van der Waals surface area contributed by atoms with Crippen LogP contribution in [0.2, 0.25) is 0 Å². The summed E-state index contributed by atoms with van der Waals surface area (Å²) in [5.74, 6) is 2.58. The number of pyridine rings is 1. The zero-order chi connectivity index (χ0) is 20.2. The van der Waals surface area contributed by atoms with Crippen LogP contribution in [0, 0.1) is 0 Å². The van der Waals surface area contributed by atoms with E-state index in [1.807, 2.05) is 12.1 Å². The van der Waals surface area contributed by atoms with Gasteiger partial charge in [0, 0.05) is 37.0 Å². The quantitative estimate of drug-likeness (QED) is 0.716. The van der Waals surface area contributed by atoms with Crippen molar-refractivity contribution in [3.05, 3.63) is 54.1 Å². The minimum Gasteiger partial charge on any atom is -0.493 e. The molecule has 0 saturated heterocycles. The van der Waals surface area contributed by atoms with Crippen molar-refractivity contribution in [1.29, 1.82) is 0 Å². The molecule has 8 nitrogen and oxygen atoms in total. The molecule has 1 aliphatic rings. The molecule has 1 unspecified atom stereocenters. The van der Waals surface area contributed by atoms with E-state index in [2.05, 4.69) is 25.1 Å². The van der Waals surface area contributed by atoms with E-state index in [9.17, 15) is 4.79 Å². The first-order chi connectivity index (χ1) is 14.2. The van der Waals surface area contributed by atoms with Crippen molar-refractivity contribution >= 4 is 5.91 Å². The lowest BCUT2D eigenvalue weighted by Gasteiger charge is -2.18. The minimum absolute atomic E-state index is 0.0328. The zero-order valence-corrected chi connectivity index (χ0v) is 16.5. The van der Waals surface area contributed by atoms with Gasteiger partial charge in [-0.15, -0.1) is 10.2 Å². The second-order valence-electron chi connectivity index (χ2n) is 6.87. The van der Waals surface area contributed by atoms with Gasteiger partial charge in [0.2, 0.25) is 0 Å². The molecule has 3 aromatic rings. The van der Waals surface area contributed by atoms with Gasteiger partial charge in [0.05, 0.1) is 19.8 Å². The minimum atomic E-state index is -0.169. The third-order valence-corrected chi connectivity index (χ3v) is 5.17. The van der Waals surface area contributed by atoms with Crippen LogP contribution in [-0.4, -0.2) is 45.9 Å². The summed E-state index contributed by atoms with van der Waals surface area (Å²) in [5.41, 5.74) is 1.45. The maximum atomic E-state index is 12.9. The maximum Gasteiger partial charge on any atom is 0.255 e. The number of ether oxygens (including phenoxy) is 2. The van der Waals surface area contributed by atoms with Crippen molar-refractivity contribution in [2.24, 2.45) is 0 Å². The van der Waals surface area contributed by atoms with Gasteiger partial charge in [-0.25, -0.2) is 0 Å². The number of nitrogens with one attached hydrogen (secondary N) is 1. The molecule has 0 bridgehead atoms. The number of aromatic nitrogens is 4. The molecule has 1 aromatic carbocycles. The van der Waals surface area contributed by atoms with Crippen LogP contribution in [0.3, 0.4) is 0 Å². The molecule has 0 aliphatic carbocycles. The summed E-state index contributed by atoms with van der Waals surface area (Å²) in [7, 11) is 3.09. The van der Waals surface area contributed by atoms with E-state index in [0.29, 0.717) is 17.1 Å². The summed E-state index contributed by atoms with van der Waals surface area (Å²) in [4.78, 5) is 16.9. The normalized spacial score (nSPS) is 15.9. The molecule has 150 valence electrons. The van der Waals surface area contributed by atoms with Crippen molar-refractivity contribution in [2.75, 3.05) is 14.2 Å². The molecular weight excluding hydrogens is 370 g/mol. The van der Waals surface area contributed by atoms with E-state index in [4.69, 9.17) is 9.47 Å². The number of fused-ring (bicyclic) bond motifs is 1. The van der Waals surface area contributed by atoms with Crippen LogP contribution in [-0.2, 0) is 13.0 Å². The van der Waals surface area contributed by atoms with Crippen LogP contribution < -0.4 is 14.8 Å². The molecular formula is C21H23N5O3. The summed E-state index contributed by atoms with van der Waals surface area (Å²) in [6.07, 6.45) is 5.84. The van der Waals surface area contributed by atoms with Gasteiger partial charge in [-0.1, -0.05) is 6.07 Å². The second-order valence-corrected chi connectivity index (χ2v) is 6.87. The predicted octanol–water partition coefficient (Wildman–Crippen LogP) is 2.49. The Kier molecular flexibility index (Phi) is 5.41. The number of para-hydroxylation sites is 1. The van der Waals surface area contributed by atoms with E-state index in [1.165, 1.54) is 7.11 Å². The largest absolute Gasteiger partial charge is 0.493 e. The van der Waals surface area contributed by atoms with Gasteiger partial charge >= 0.3 is 0 Å². The number of hydrogen-bond acceptors (Lipinski definition) is 6. The highest BCUT2D eigenvalue weighted by Gasteiger charge is 2.24. The lowest BCUT2D eigenvalue weighted by atomic mass is 10.1. The van der Waals surface area contributed by atoms with E-state index in [1.54, 1.807) is 37.7 Å². The average molecular weight is 393 g/mol. The molecule has 4 rings (SSSR count). The SMILES string of the molecule is COc1cccc(C(=O)NC2CCc3nnc(-c4ccncc4)n3CC2)c1OC. The van der Waals surface area contributed by atoms with Gasteiger partial charge in [0.1, 0.15) is 5.82 Å². The number of benzene rings is 1. The highest BCUT2D eigenvalue weighted by molar-refractivity contribution is 5.98. The average Bonchev–Trinajstić information content (AvgIpc) is 3.08. The molecule has 29 heavy (non-hydrogen) atoms. The summed E-state index contributed by atoms with van der Waals surface area (Å²) < 4.78 is 12.8. The van der Waals surface area contributed by atoms with Crippen LogP contribution in [0.1, 0.15) is 29.0 Å². The highest BCUT2D eigenvalue weighted by Crippen LogP contribution is 2.31. The van der Waals surface area contributed by atoms with Gasteiger partial charge in [-0.3, -0.25) is 9.78 Å². The number of methoxy groups -OCH3 is 2. The first kappa shape index (κ1) is 18.9. The summed E-state index contributed by atoms with van der Waals surface area (Å²) in [6.45, 7) is 0.736. The van der Waals surface area contributed by atoms with Crippen LogP contribution in [0.25, 0.3) is 11.4 Å².